The van der Waals surface area contributed by atoms with E-state index in [9.17, 15) is 4.57 Å². The SMILES string of the molecule is CCCCCCC(CCCC)O[PH2]=O. The number of hydrogen-bond donors (Lipinski definition) is 0. The second-order valence-corrected chi connectivity index (χ2v) is 4.31. The molecule has 14 heavy (non-hydrogen) atoms. The Balaban J connectivity index is 3.45. The van der Waals surface area contributed by atoms with Crippen LogP contribution in [-0.2, 0) is 9.09 Å². The van der Waals surface area contributed by atoms with Crippen molar-refractivity contribution in [1.82, 2.24) is 0 Å². The Bertz CT molecular complexity index is 128. The Morgan fingerprint density at radius 3 is 2.21 bits per heavy atom. The summed E-state index contributed by atoms with van der Waals surface area (Å²) in [4.78, 5) is 0. The Hall–Kier alpha value is 0.190. The molecule has 0 aromatic heterocycles. The lowest BCUT2D eigenvalue weighted by Gasteiger charge is -2.13. The average Bonchev–Trinajstić information content (AvgIpc) is 2.20. The Kier molecular flexibility index (Phi) is 11.4. The monoisotopic (exact) mass is 220 g/mol. The largest absolute Gasteiger partial charge is 0.329 e. The first-order valence-corrected chi connectivity index (χ1v) is 6.88. The van der Waals surface area contributed by atoms with Gasteiger partial charge in [0.1, 0.15) is 0 Å². The minimum atomic E-state index is -1.02. The molecule has 0 saturated carbocycles. The van der Waals surface area contributed by atoms with Crippen LogP contribution in [0.2, 0.25) is 0 Å². The van der Waals surface area contributed by atoms with Crippen molar-refractivity contribution in [2.75, 3.05) is 0 Å². The van der Waals surface area contributed by atoms with Gasteiger partial charge in [-0.1, -0.05) is 52.4 Å². The maximum atomic E-state index is 10.5. The number of rotatable bonds is 10. The minimum absolute atomic E-state index is 0.263. The number of hydrogen-bond acceptors (Lipinski definition) is 2. The lowest BCUT2D eigenvalue weighted by molar-refractivity contribution is 0.193. The molecule has 0 aromatic rings. The molecule has 86 valence electrons. The van der Waals surface area contributed by atoms with Crippen LogP contribution in [0.1, 0.15) is 65.2 Å². The lowest BCUT2D eigenvalue weighted by Crippen LogP contribution is -2.07. The molecule has 2 unspecified atom stereocenters. The van der Waals surface area contributed by atoms with Gasteiger partial charge in [-0.3, -0.25) is 4.57 Å². The first kappa shape index (κ1) is 14.2. The summed E-state index contributed by atoms with van der Waals surface area (Å²) in [5.41, 5.74) is 0. The van der Waals surface area contributed by atoms with Crippen molar-refractivity contribution < 1.29 is 9.09 Å². The predicted octanol–water partition coefficient (Wildman–Crippen LogP) is 4.20. The van der Waals surface area contributed by atoms with Gasteiger partial charge in [0, 0.05) is 0 Å². The Morgan fingerprint density at radius 2 is 1.64 bits per heavy atom. The molecule has 0 N–H and O–H groups in total. The first-order valence-electron chi connectivity index (χ1n) is 5.94. The third-order valence-electron chi connectivity index (χ3n) is 2.51. The van der Waals surface area contributed by atoms with E-state index in [4.69, 9.17) is 4.52 Å². The lowest BCUT2D eigenvalue weighted by atomic mass is 10.1. The second-order valence-electron chi connectivity index (χ2n) is 3.85. The first-order chi connectivity index (χ1) is 6.85. The van der Waals surface area contributed by atoms with Gasteiger partial charge in [-0.25, -0.2) is 0 Å². The van der Waals surface area contributed by atoms with Crippen LogP contribution in [-0.4, -0.2) is 6.10 Å². The van der Waals surface area contributed by atoms with E-state index in [1.54, 1.807) is 0 Å². The zero-order valence-corrected chi connectivity index (χ0v) is 10.8. The molecule has 0 radical (unpaired) electrons. The molecule has 0 aromatic carbocycles. The van der Waals surface area contributed by atoms with Gasteiger partial charge in [0.25, 0.3) is 0 Å². The fourth-order valence-electron chi connectivity index (χ4n) is 1.59. The normalized spacial score (nSPS) is 13.9. The van der Waals surface area contributed by atoms with Gasteiger partial charge < -0.3 is 4.52 Å². The maximum absolute atomic E-state index is 10.5. The van der Waals surface area contributed by atoms with E-state index >= 15 is 0 Å². The molecule has 0 fully saturated rings. The van der Waals surface area contributed by atoms with E-state index in [2.05, 4.69) is 13.8 Å². The third kappa shape index (κ3) is 8.77. The van der Waals surface area contributed by atoms with E-state index in [0.29, 0.717) is 0 Å². The summed E-state index contributed by atoms with van der Waals surface area (Å²) in [6, 6.07) is 0. The average molecular weight is 220 g/mol. The van der Waals surface area contributed by atoms with E-state index in [1.807, 2.05) is 0 Å². The summed E-state index contributed by atoms with van der Waals surface area (Å²) in [5, 5.41) is 0. The van der Waals surface area contributed by atoms with Crippen LogP contribution in [0.25, 0.3) is 0 Å². The predicted molar refractivity (Wildman–Crippen MR) is 63.6 cm³/mol. The zero-order valence-electron chi connectivity index (χ0n) is 9.63. The van der Waals surface area contributed by atoms with Crippen molar-refractivity contribution in [1.29, 1.82) is 0 Å². The summed E-state index contributed by atoms with van der Waals surface area (Å²) in [7, 11) is -1.02. The van der Waals surface area contributed by atoms with Gasteiger partial charge in [0.05, 0.1) is 6.10 Å². The van der Waals surface area contributed by atoms with Crippen LogP contribution in [0.4, 0.5) is 0 Å². The molecular formula is C11H25O2P. The van der Waals surface area contributed by atoms with Gasteiger partial charge >= 0.3 is 0 Å². The van der Waals surface area contributed by atoms with Gasteiger partial charge in [-0.2, -0.15) is 0 Å². The molecule has 0 aliphatic heterocycles. The van der Waals surface area contributed by atoms with Crippen molar-refractivity contribution in [3.63, 3.8) is 0 Å². The summed E-state index contributed by atoms with van der Waals surface area (Å²) in [6.45, 7) is 4.39. The maximum Gasteiger partial charge on any atom is 0.180 e. The van der Waals surface area contributed by atoms with E-state index in [0.717, 1.165) is 12.8 Å². The second kappa shape index (κ2) is 11.3. The summed E-state index contributed by atoms with van der Waals surface area (Å²) >= 11 is 0. The van der Waals surface area contributed by atoms with Crippen LogP contribution >= 0.6 is 8.69 Å². The zero-order chi connectivity index (χ0) is 10.6. The molecule has 2 atom stereocenters. The van der Waals surface area contributed by atoms with E-state index in [1.165, 1.54) is 38.5 Å². The minimum Gasteiger partial charge on any atom is -0.329 e. The fraction of sp³-hybridized carbons (Fsp3) is 1.00. The highest BCUT2D eigenvalue weighted by molar-refractivity contribution is 7.17. The fourth-order valence-corrected chi connectivity index (χ4v) is 2.02. The van der Waals surface area contributed by atoms with Crippen molar-refractivity contribution in [3.05, 3.63) is 0 Å². The van der Waals surface area contributed by atoms with Gasteiger partial charge in [0.15, 0.2) is 8.69 Å². The molecular weight excluding hydrogens is 195 g/mol. The van der Waals surface area contributed by atoms with Crippen molar-refractivity contribution >= 4 is 8.69 Å². The van der Waals surface area contributed by atoms with Gasteiger partial charge in [-0.05, 0) is 12.8 Å². The van der Waals surface area contributed by atoms with Crippen LogP contribution in [0, 0.1) is 0 Å². The molecule has 2 nitrogen and oxygen atoms in total. The van der Waals surface area contributed by atoms with Crippen LogP contribution in [0.5, 0.6) is 0 Å². The highest BCUT2D eigenvalue weighted by atomic mass is 31.1. The molecule has 0 saturated heterocycles. The summed E-state index contributed by atoms with van der Waals surface area (Å²) in [6.07, 6.45) is 9.92. The summed E-state index contributed by atoms with van der Waals surface area (Å²) in [5.74, 6) is 0. The van der Waals surface area contributed by atoms with E-state index in [-0.39, 0.29) is 6.10 Å². The molecule has 0 bridgehead atoms. The summed E-state index contributed by atoms with van der Waals surface area (Å²) < 4.78 is 15.7. The van der Waals surface area contributed by atoms with Crippen LogP contribution in [0.3, 0.4) is 0 Å². The molecule has 0 heterocycles. The quantitative estimate of drug-likeness (QED) is 0.407. The smallest absolute Gasteiger partial charge is 0.180 e. The molecule has 3 heteroatoms. The molecule has 0 rings (SSSR count). The standard InChI is InChI=1S/C11H25O2P/c1-3-5-7-8-10-11(13-14-12)9-6-4-2/h11H,3-10,14H2,1-2H3. The van der Waals surface area contributed by atoms with Gasteiger partial charge in [-0.15, -0.1) is 0 Å². The van der Waals surface area contributed by atoms with Crippen LogP contribution in [0.15, 0.2) is 0 Å². The van der Waals surface area contributed by atoms with Gasteiger partial charge in [0.2, 0.25) is 0 Å². The van der Waals surface area contributed by atoms with Crippen molar-refractivity contribution in [2.24, 2.45) is 0 Å². The molecule has 0 aliphatic carbocycles. The number of unbranched alkanes of at least 4 members (excludes halogenated alkanes) is 4. The van der Waals surface area contributed by atoms with E-state index < -0.39 is 8.69 Å². The third-order valence-corrected chi connectivity index (χ3v) is 3.00. The Labute approximate surface area is 89.7 Å². The highest BCUT2D eigenvalue weighted by Crippen LogP contribution is 2.17. The van der Waals surface area contributed by atoms with Crippen molar-refractivity contribution in [2.45, 2.75) is 71.3 Å². The van der Waals surface area contributed by atoms with Crippen molar-refractivity contribution in [3.8, 4) is 0 Å². The molecule has 0 amide bonds. The van der Waals surface area contributed by atoms with Crippen LogP contribution < -0.4 is 0 Å². The highest BCUT2D eigenvalue weighted by Gasteiger charge is 2.06. The molecule has 0 aliphatic rings. The Morgan fingerprint density at radius 1 is 1.00 bits per heavy atom. The topological polar surface area (TPSA) is 26.3 Å². The molecule has 0 spiro atoms.